The molecule has 0 amide bonds. The minimum absolute atomic E-state index is 0.0632. The van der Waals surface area contributed by atoms with E-state index in [1.807, 2.05) is 30.3 Å². The predicted octanol–water partition coefficient (Wildman–Crippen LogP) is 2.89. The highest BCUT2D eigenvalue weighted by Crippen LogP contribution is 2.34. The van der Waals surface area contributed by atoms with Gasteiger partial charge in [0, 0.05) is 11.6 Å². The lowest BCUT2D eigenvalue weighted by atomic mass is 10.0. The molecule has 3 heteroatoms. The van der Waals surface area contributed by atoms with E-state index < -0.39 is 0 Å². The van der Waals surface area contributed by atoms with Crippen molar-refractivity contribution in [3.63, 3.8) is 0 Å². The first-order valence-electron chi connectivity index (χ1n) is 5.83. The molecule has 2 N–H and O–H groups in total. The Morgan fingerprint density at radius 3 is 2.39 bits per heavy atom. The number of aromatic hydroxyl groups is 2. The molecule has 0 spiro atoms. The molecule has 0 aliphatic heterocycles. The Morgan fingerprint density at radius 1 is 1.00 bits per heavy atom. The van der Waals surface area contributed by atoms with Gasteiger partial charge in [0.15, 0.2) is 11.5 Å². The van der Waals surface area contributed by atoms with Crippen LogP contribution in [-0.4, -0.2) is 17.3 Å². The van der Waals surface area contributed by atoms with E-state index in [9.17, 15) is 10.2 Å². The SMILES string of the molecule is COc1cc(O)c(O)c(CCc2ccccc2)c1. The van der Waals surface area contributed by atoms with E-state index in [1.54, 1.807) is 6.07 Å². The highest BCUT2D eigenvalue weighted by Gasteiger charge is 2.09. The van der Waals surface area contributed by atoms with Crippen molar-refractivity contribution in [3.8, 4) is 17.2 Å². The zero-order valence-corrected chi connectivity index (χ0v) is 10.3. The third-order valence-corrected chi connectivity index (χ3v) is 2.90. The van der Waals surface area contributed by atoms with Crippen LogP contribution in [0.2, 0.25) is 0 Å². The van der Waals surface area contributed by atoms with Gasteiger partial charge in [0.25, 0.3) is 0 Å². The van der Waals surface area contributed by atoms with Crippen LogP contribution in [0.5, 0.6) is 17.2 Å². The van der Waals surface area contributed by atoms with Crippen molar-refractivity contribution in [2.75, 3.05) is 7.11 Å². The molecule has 0 aliphatic rings. The van der Waals surface area contributed by atoms with Crippen LogP contribution in [0.3, 0.4) is 0 Å². The molecule has 2 aromatic carbocycles. The second-order valence-electron chi connectivity index (χ2n) is 4.14. The monoisotopic (exact) mass is 244 g/mol. The summed E-state index contributed by atoms with van der Waals surface area (Å²) in [6.45, 7) is 0. The molecular weight excluding hydrogens is 228 g/mol. The number of rotatable bonds is 4. The molecule has 0 bridgehead atoms. The van der Waals surface area contributed by atoms with Crippen LogP contribution in [0.4, 0.5) is 0 Å². The van der Waals surface area contributed by atoms with Crippen LogP contribution >= 0.6 is 0 Å². The molecule has 0 saturated carbocycles. The molecular formula is C15H16O3. The zero-order chi connectivity index (χ0) is 13.0. The summed E-state index contributed by atoms with van der Waals surface area (Å²) >= 11 is 0. The highest BCUT2D eigenvalue weighted by atomic mass is 16.5. The summed E-state index contributed by atoms with van der Waals surface area (Å²) in [5.74, 6) is 0.345. The van der Waals surface area contributed by atoms with Crippen LogP contribution in [0.25, 0.3) is 0 Å². The van der Waals surface area contributed by atoms with Crippen LogP contribution in [0, 0.1) is 0 Å². The Kier molecular flexibility index (Phi) is 3.72. The number of hydrogen-bond donors (Lipinski definition) is 2. The summed E-state index contributed by atoms with van der Waals surface area (Å²) in [5.41, 5.74) is 1.88. The number of aryl methyl sites for hydroxylation is 2. The molecule has 0 atom stereocenters. The molecule has 0 aliphatic carbocycles. The Balaban J connectivity index is 2.16. The number of phenols is 2. The topological polar surface area (TPSA) is 49.7 Å². The van der Waals surface area contributed by atoms with E-state index in [2.05, 4.69) is 0 Å². The minimum atomic E-state index is -0.141. The van der Waals surface area contributed by atoms with E-state index >= 15 is 0 Å². The smallest absolute Gasteiger partial charge is 0.161 e. The fourth-order valence-corrected chi connectivity index (χ4v) is 1.88. The quantitative estimate of drug-likeness (QED) is 0.813. The van der Waals surface area contributed by atoms with Gasteiger partial charge in [-0.2, -0.15) is 0 Å². The summed E-state index contributed by atoms with van der Waals surface area (Å²) in [5, 5.41) is 19.4. The molecule has 0 saturated heterocycles. The standard InChI is InChI=1S/C15H16O3/c1-18-13-9-12(15(17)14(16)10-13)8-7-11-5-3-2-4-6-11/h2-6,9-10,16-17H,7-8H2,1H3. The van der Waals surface area contributed by atoms with Crippen molar-refractivity contribution in [1.29, 1.82) is 0 Å². The minimum Gasteiger partial charge on any atom is -0.504 e. The maximum absolute atomic E-state index is 9.79. The fourth-order valence-electron chi connectivity index (χ4n) is 1.88. The molecule has 18 heavy (non-hydrogen) atoms. The molecule has 94 valence electrons. The van der Waals surface area contributed by atoms with Gasteiger partial charge in [-0.1, -0.05) is 30.3 Å². The molecule has 3 nitrogen and oxygen atoms in total. The first kappa shape index (κ1) is 12.3. The maximum Gasteiger partial charge on any atom is 0.161 e. The van der Waals surface area contributed by atoms with Gasteiger partial charge in [0.05, 0.1) is 7.11 Å². The predicted molar refractivity (Wildman–Crippen MR) is 70.2 cm³/mol. The molecule has 0 unspecified atom stereocenters. The summed E-state index contributed by atoms with van der Waals surface area (Å²) in [4.78, 5) is 0. The Hall–Kier alpha value is -2.16. The third-order valence-electron chi connectivity index (χ3n) is 2.90. The second kappa shape index (κ2) is 5.45. The van der Waals surface area contributed by atoms with Gasteiger partial charge in [-0.3, -0.25) is 0 Å². The largest absolute Gasteiger partial charge is 0.504 e. The lowest BCUT2D eigenvalue weighted by molar-refractivity contribution is 0.382. The number of ether oxygens (including phenoxy) is 1. The number of hydrogen-bond acceptors (Lipinski definition) is 3. The number of phenolic OH excluding ortho intramolecular Hbond substituents is 2. The van der Waals surface area contributed by atoms with Gasteiger partial charge in [-0.25, -0.2) is 0 Å². The Labute approximate surface area is 106 Å². The molecule has 2 aromatic rings. The molecule has 0 fully saturated rings. The van der Waals surface area contributed by atoms with Gasteiger partial charge in [0.1, 0.15) is 5.75 Å². The van der Waals surface area contributed by atoms with E-state index in [0.717, 1.165) is 6.42 Å². The molecule has 0 radical (unpaired) electrons. The zero-order valence-electron chi connectivity index (χ0n) is 10.3. The van der Waals surface area contributed by atoms with Crippen molar-refractivity contribution in [1.82, 2.24) is 0 Å². The van der Waals surface area contributed by atoms with Gasteiger partial charge in [-0.05, 0) is 24.5 Å². The number of methoxy groups -OCH3 is 1. The highest BCUT2D eigenvalue weighted by molar-refractivity contribution is 5.50. The van der Waals surface area contributed by atoms with E-state index in [4.69, 9.17) is 4.74 Å². The average Bonchev–Trinajstić information content (AvgIpc) is 2.41. The van der Waals surface area contributed by atoms with Crippen LogP contribution < -0.4 is 4.74 Å². The van der Waals surface area contributed by atoms with Crippen molar-refractivity contribution in [2.45, 2.75) is 12.8 Å². The fraction of sp³-hybridized carbons (Fsp3) is 0.200. The van der Waals surface area contributed by atoms with Crippen molar-refractivity contribution in [2.24, 2.45) is 0 Å². The normalized spacial score (nSPS) is 10.3. The van der Waals surface area contributed by atoms with Gasteiger partial charge < -0.3 is 14.9 Å². The molecule has 0 aromatic heterocycles. The van der Waals surface area contributed by atoms with Crippen LogP contribution in [0.1, 0.15) is 11.1 Å². The van der Waals surface area contributed by atoms with Crippen molar-refractivity contribution in [3.05, 3.63) is 53.6 Å². The van der Waals surface area contributed by atoms with Crippen LogP contribution in [0.15, 0.2) is 42.5 Å². The van der Waals surface area contributed by atoms with Gasteiger partial charge in [-0.15, -0.1) is 0 Å². The maximum atomic E-state index is 9.79. The summed E-state index contributed by atoms with van der Waals surface area (Å²) < 4.78 is 5.07. The van der Waals surface area contributed by atoms with Crippen LogP contribution in [-0.2, 0) is 12.8 Å². The molecule has 0 heterocycles. The van der Waals surface area contributed by atoms with E-state index in [-0.39, 0.29) is 11.5 Å². The summed E-state index contributed by atoms with van der Waals surface area (Å²) in [7, 11) is 1.53. The first-order chi connectivity index (χ1) is 8.70. The van der Waals surface area contributed by atoms with E-state index in [1.165, 1.54) is 18.7 Å². The van der Waals surface area contributed by atoms with E-state index in [0.29, 0.717) is 17.7 Å². The van der Waals surface area contributed by atoms with Crippen molar-refractivity contribution < 1.29 is 14.9 Å². The first-order valence-corrected chi connectivity index (χ1v) is 5.83. The van der Waals surface area contributed by atoms with Gasteiger partial charge in [0.2, 0.25) is 0 Å². The Morgan fingerprint density at radius 2 is 1.72 bits per heavy atom. The number of benzene rings is 2. The molecule has 2 rings (SSSR count). The third kappa shape index (κ3) is 2.74. The lowest BCUT2D eigenvalue weighted by Gasteiger charge is -2.09. The average molecular weight is 244 g/mol. The summed E-state index contributed by atoms with van der Waals surface area (Å²) in [6, 6.07) is 13.2. The van der Waals surface area contributed by atoms with Gasteiger partial charge >= 0.3 is 0 Å². The second-order valence-corrected chi connectivity index (χ2v) is 4.14. The van der Waals surface area contributed by atoms with Crippen molar-refractivity contribution >= 4 is 0 Å². The summed E-state index contributed by atoms with van der Waals surface area (Å²) in [6.07, 6.45) is 1.46. The Bertz CT molecular complexity index is 521. The lowest BCUT2D eigenvalue weighted by Crippen LogP contribution is -1.93.